The second-order valence-corrected chi connectivity index (χ2v) is 10.4. The molecule has 37 heavy (non-hydrogen) atoms. The molecule has 2 unspecified atom stereocenters. The first kappa shape index (κ1) is 26.1. The van der Waals surface area contributed by atoms with Crippen LogP contribution in [0.1, 0.15) is 55.6 Å². The molecule has 1 aliphatic rings. The summed E-state index contributed by atoms with van der Waals surface area (Å²) in [5.74, 6) is -1.94. The zero-order valence-electron chi connectivity index (χ0n) is 21.9. The maximum atomic E-state index is 14.0. The van der Waals surface area contributed by atoms with Crippen LogP contribution < -0.4 is 0 Å². The van der Waals surface area contributed by atoms with E-state index >= 15 is 0 Å². The molecule has 0 aliphatic carbocycles. The van der Waals surface area contributed by atoms with Gasteiger partial charge in [0.1, 0.15) is 12.2 Å². The topological polar surface area (TPSA) is 90.7 Å². The molecule has 8 nitrogen and oxygen atoms in total. The third kappa shape index (κ3) is 6.25. The van der Waals surface area contributed by atoms with Crippen molar-refractivity contribution in [1.29, 1.82) is 0 Å². The quantitative estimate of drug-likeness (QED) is 0.426. The molecule has 2 amide bonds. The number of hydrogen-bond acceptors (Lipinski definition) is 6. The average molecular weight is 504 g/mol. The summed E-state index contributed by atoms with van der Waals surface area (Å²) in [6.45, 7) is 9.29. The summed E-state index contributed by atoms with van der Waals surface area (Å²) < 4.78 is 12.6. The van der Waals surface area contributed by atoms with Gasteiger partial charge in [0.15, 0.2) is 0 Å². The molecule has 2 aromatic carbocycles. The van der Waals surface area contributed by atoms with E-state index in [9.17, 15) is 14.4 Å². The number of amides is 2. The molecule has 194 valence electrons. The zero-order valence-corrected chi connectivity index (χ0v) is 21.9. The van der Waals surface area contributed by atoms with Gasteiger partial charge in [0, 0.05) is 5.69 Å². The van der Waals surface area contributed by atoms with Crippen LogP contribution in [0.5, 0.6) is 0 Å². The highest BCUT2D eigenvalue weighted by atomic mass is 16.6. The second-order valence-electron chi connectivity index (χ2n) is 10.4. The van der Waals surface area contributed by atoms with Crippen molar-refractivity contribution in [1.82, 2.24) is 14.7 Å². The van der Waals surface area contributed by atoms with Crippen LogP contribution in [0.25, 0.3) is 5.69 Å². The molecule has 1 fully saturated rings. The van der Waals surface area contributed by atoms with Crippen molar-refractivity contribution < 1.29 is 23.9 Å². The smallest absolute Gasteiger partial charge is 0.417 e. The van der Waals surface area contributed by atoms with Gasteiger partial charge in [-0.15, -0.1) is 0 Å². The largest absolute Gasteiger partial charge is 0.460 e. The van der Waals surface area contributed by atoms with E-state index in [0.29, 0.717) is 12.0 Å². The van der Waals surface area contributed by atoms with Crippen LogP contribution in [0.4, 0.5) is 4.79 Å². The number of carbonyl (C=O) groups is 3. The number of imide groups is 1. The predicted molar refractivity (Wildman–Crippen MR) is 138 cm³/mol. The lowest BCUT2D eigenvalue weighted by Gasteiger charge is -2.26. The SMILES string of the molecule is Cc1cc(C)n(-c2cccc(C(CC(=O)OC(C)(C)C)C(=O)N3C(=O)OCC3Cc3ccccc3)c2)n1. The van der Waals surface area contributed by atoms with Crippen LogP contribution in [0.3, 0.4) is 0 Å². The summed E-state index contributed by atoms with van der Waals surface area (Å²) in [6, 6.07) is 18.4. The van der Waals surface area contributed by atoms with Gasteiger partial charge in [-0.25, -0.2) is 14.4 Å². The minimum absolute atomic E-state index is 0.102. The van der Waals surface area contributed by atoms with Crippen LogP contribution in [0.2, 0.25) is 0 Å². The van der Waals surface area contributed by atoms with E-state index in [-0.39, 0.29) is 13.0 Å². The number of aryl methyl sites for hydroxylation is 2. The number of aromatic nitrogens is 2. The normalized spacial score (nSPS) is 16.4. The van der Waals surface area contributed by atoms with Crippen molar-refractivity contribution in [3.63, 3.8) is 0 Å². The fourth-order valence-corrected chi connectivity index (χ4v) is 4.60. The molecule has 2 heterocycles. The Labute approximate surface area is 217 Å². The standard InChI is InChI=1S/C29H33N3O5/c1-19-14-20(2)32(30-19)23-13-9-12-22(16-23)25(17-26(33)37-29(3,4)5)27(34)31-24(18-36-28(31)35)15-21-10-7-6-8-11-21/h6-14,16,24-25H,15,17-18H2,1-5H3. The van der Waals surface area contributed by atoms with E-state index in [1.165, 1.54) is 0 Å². The Morgan fingerprint density at radius 1 is 1.08 bits per heavy atom. The summed E-state index contributed by atoms with van der Waals surface area (Å²) in [6.07, 6.45) is -0.447. The Balaban J connectivity index is 1.69. The van der Waals surface area contributed by atoms with Crippen LogP contribution in [-0.4, -0.2) is 50.9 Å². The number of rotatable bonds is 7. The van der Waals surface area contributed by atoms with Crippen molar-refractivity contribution >= 4 is 18.0 Å². The number of carbonyl (C=O) groups excluding carboxylic acids is 3. The van der Waals surface area contributed by atoms with Gasteiger partial charge in [-0.05, 0) is 70.4 Å². The van der Waals surface area contributed by atoms with E-state index in [1.54, 1.807) is 31.5 Å². The van der Waals surface area contributed by atoms with Gasteiger partial charge in [-0.2, -0.15) is 5.10 Å². The van der Waals surface area contributed by atoms with Crippen molar-refractivity contribution in [3.05, 3.63) is 83.2 Å². The van der Waals surface area contributed by atoms with Crippen LogP contribution in [0.15, 0.2) is 60.7 Å². The predicted octanol–water partition coefficient (Wildman–Crippen LogP) is 4.89. The van der Waals surface area contributed by atoms with E-state index in [0.717, 1.165) is 27.5 Å². The lowest BCUT2D eigenvalue weighted by Crippen LogP contribution is -2.43. The molecule has 2 atom stereocenters. The molecular weight excluding hydrogens is 470 g/mol. The maximum absolute atomic E-state index is 14.0. The Hall–Kier alpha value is -3.94. The number of cyclic esters (lactones) is 1. The second kappa shape index (κ2) is 10.6. The molecule has 0 N–H and O–H groups in total. The first-order valence-electron chi connectivity index (χ1n) is 12.4. The van der Waals surface area contributed by atoms with Gasteiger partial charge < -0.3 is 9.47 Å². The Kier molecular flexibility index (Phi) is 7.47. The molecule has 0 radical (unpaired) electrons. The lowest BCUT2D eigenvalue weighted by molar-refractivity contribution is -0.157. The molecule has 4 rings (SSSR count). The highest BCUT2D eigenvalue weighted by Crippen LogP contribution is 2.30. The number of benzene rings is 2. The van der Waals surface area contributed by atoms with Gasteiger partial charge in [0.2, 0.25) is 5.91 Å². The molecule has 1 aliphatic heterocycles. The summed E-state index contributed by atoms with van der Waals surface area (Å²) in [4.78, 5) is 40.8. The fraction of sp³-hybridized carbons (Fsp3) is 0.379. The number of nitrogens with zero attached hydrogens (tertiary/aromatic N) is 3. The summed E-state index contributed by atoms with van der Waals surface area (Å²) in [7, 11) is 0. The van der Waals surface area contributed by atoms with Crippen molar-refractivity contribution in [3.8, 4) is 5.69 Å². The summed E-state index contributed by atoms with van der Waals surface area (Å²) >= 11 is 0. The highest BCUT2D eigenvalue weighted by Gasteiger charge is 2.42. The van der Waals surface area contributed by atoms with Gasteiger partial charge in [0.25, 0.3) is 0 Å². The summed E-state index contributed by atoms with van der Waals surface area (Å²) in [5, 5.41) is 4.54. The first-order chi connectivity index (χ1) is 17.5. The Morgan fingerprint density at radius 2 is 1.81 bits per heavy atom. The first-order valence-corrected chi connectivity index (χ1v) is 12.4. The summed E-state index contributed by atoms with van der Waals surface area (Å²) in [5.41, 5.74) is 3.44. The number of esters is 1. The van der Waals surface area contributed by atoms with Gasteiger partial charge in [0.05, 0.1) is 29.8 Å². The third-order valence-electron chi connectivity index (χ3n) is 6.13. The van der Waals surface area contributed by atoms with E-state index in [1.807, 2.05) is 68.4 Å². The fourth-order valence-electron chi connectivity index (χ4n) is 4.60. The van der Waals surface area contributed by atoms with Crippen molar-refractivity contribution in [2.75, 3.05) is 6.61 Å². The average Bonchev–Trinajstić information content (AvgIpc) is 3.37. The number of ether oxygens (including phenoxy) is 2. The van der Waals surface area contributed by atoms with Crippen molar-refractivity contribution in [2.24, 2.45) is 0 Å². The maximum Gasteiger partial charge on any atom is 0.417 e. The van der Waals surface area contributed by atoms with E-state index in [4.69, 9.17) is 9.47 Å². The molecule has 1 saturated heterocycles. The van der Waals surface area contributed by atoms with Gasteiger partial charge >= 0.3 is 12.1 Å². The molecule has 0 saturated carbocycles. The van der Waals surface area contributed by atoms with E-state index in [2.05, 4.69) is 5.10 Å². The highest BCUT2D eigenvalue weighted by molar-refractivity contribution is 5.99. The minimum atomic E-state index is -0.935. The third-order valence-corrected chi connectivity index (χ3v) is 6.13. The van der Waals surface area contributed by atoms with Crippen molar-refractivity contribution in [2.45, 2.75) is 65.0 Å². The van der Waals surface area contributed by atoms with Gasteiger partial charge in [-0.3, -0.25) is 9.59 Å². The lowest BCUT2D eigenvalue weighted by atomic mass is 9.92. The molecule has 0 spiro atoms. The molecular formula is C29H33N3O5. The van der Waals surface area contributed by atoms with E-state index < -0.39 is 35.5 Å². The molecule has 0 bridgehead atoms. The Bertz CT molecular complexity index is 1290. The van der Waals surface area contributed by atoms with Crippen LogP contribution >= 0.6 is 0 Å². The molecule has 8 heteroatoms. The molecule has 3 aromatic rings. The monoisotopic (exact) mass is 503 g/mol. The molecule has 1 aromatic heterocycles. The van der Waals surface area contributed by atoms with Crippen LogP contribution in [0, 0.1) is 13.8 Å². The van der Waals surface area contributed by atoms with Crippen LogP contribution in [-0.2, 0) is 25.5 Å². The van der Waals surface area contributed by atoms with Gasteiger partial charge in [-0.1, -0.05) is 42.5 Å². The number of hydrogen-bond donors (Lipinski definition) is 0. The Morgan fingerprint density at radius 3 is 2.46 bits per heavy atom. The minimum Gasteiger partial charge on any atom is -0.460 e. The zero-order chi connectivity index (χ0) is 26.7.